The molecule has 1 saturated carbocycles. The number of hydrogen-bond acceptors (Lipinski definition) is 3. The van der Waals surface area contributed by atoms with Gasteiger partial charge in [-0.25, -0.2) is 0 Å². The van der Waals surface area contributed by atoms with Gasteiger partial charge in [-0.05, 0) is 19.3 Å². The molecule has 0 aromatic heterocycles. The number of nitrogens with zero attached hydrogens (tertiary/aromatic N) is 1. The molecule has 0 heterocycles. The van der Waals surface area contributed by atoms with Gasteiger partial charge in [0, 0.05) is 12.6 Å². The van der Waals surface area contributed by atoms with E-state index in [0.717, 1.165) is 19.3 Å². The summed E-state index contributed by atoms with van der Waals surface area (Å²) in [6, 6.07) is 2.05. The van der Waals surface area contributed by atoms with Crippen molar-refractivity contribution in [1.29, 1.82) is 5.26 Å². The van der Waals surface area contributed by atoms with Crippen LogP contribution in [0.15, 0.2) is 0 Å². The first-order chi connectivity index (χ1) is 6.68. The molecule has 1 atom stereocenters. The van der Waals surface area contributed by atoms with Crippen LogP contribution in [0.25, 0.3) is 0 Å². The molecule has 0 bridgehead atoms. The maximum Gasteiger partial charge on any atom is 0.227 e. The highest BCUT2D eigenvalue weighted by atomic mass is 16.2. The van der Waals surface area contributed by atoms with Crippen molar-refractivity contribution in [3.05, 3.63) is 0 Å². The number of nitrogens with one attached hydrogen (secondary N) is 1. The maximum atomic E-state index is 11.7. The highest BCUT2D eigenvalue weighted by Crippen LogP contribution is 2.44. The van der Waals surface area contributed by atoms with E-state index in [9.17, 15) is 4.79 Å². The third-order valence-electron chi connectivity index (χ3n) is 2.89. The summed E-state index contributed by atoms with van der Waals surface area (Å²) in [5, 5.41) is 11.4. The first-order valence-electron chi connectivity index (χ1n) is 5.06. The quantitative estimate of drug-likeness (QED) is 0.671. The molecule has 78 valence electrons. The molecule has 0 saturated heterocycles. The summed E-state index contributed by atoms with van der Waals surface area (Å²) in [7, 11) is 0. The van der Waals surface area contributed by atoms with E-state index in [4.69, 9.17) is 11.0 Å². The van der Waals surface area contributed by atoms with Crippen molar-refractivity contribution in [3.8, 4) is 6.07 Å². The number of nitriles is 1. The lowest BCUT2D eigenvalue weighted by Crippen LogP contribution is -2.42. The van der Waals surface area contributed by atoms with Gasteiger partial charge in [0.1, 0.15) is 0 Å². The fourth-order valence-corrected chi connectivity index (χ4v) is 1.42. The minimum absolute atomic E-state index is 0.0171. The van der Waals surface area contributed by atoms with Gasteiger partial charge in [-0.15, -0.1) is 0 Å². The second-order valence-corrected chi connectivity index (χ2v) is 3.93. The maximum absolute atomic E-state index is 11.7. The predicted molar refractivity (Wildman–Crippen MR) is 53.2 cm³/mol. The lowest BCUT2D eigenvalue weighted by Gasteiger charge is -2.18. The second-order valence-electron chi connectivity index (χ2n) is 3.93. The summed E-state index contributed by atoms with van der Waals surface area (Å²) >= 11 is 0. The zero-order valence-electron chi connectivity index (χ0n) is 8.55. The summed E-state index contributed by atoms with van der Waals surface area (Å²) in [4.78, 5) is 11.7. The Morgan fingerprint density at radius 2 is 2.36 bits per heavy atom. The van der Waals surface area contributed by atoms with Gasteiger partial charge in [0.15, 0.2) is 0 Å². The molecule has 4 heteroatoms. The molecule has 1 aliphatic carbocycles. The first-order valence-corrected chi connectivity index (χ1v) is 5.06. The Morgan fingerprint density at radius 1 is 1.71 bits per heavy atom. The zero-order chi connectivity index (χ0) is 10.6. The van der Waals surface area contributed by atoms with Crippen LogP contribution in [-0.2, 0) is 4.79 Å². The zero-order valence-corrected chi connectivity index (χ0v) is 8.55. The van der Waals surface area contributed by atoms with E-state index in [0.29, 0.717) is 13.0 Å². The van der Waals surface area contributed by atoms with Gasteiger partial charge >= 0.3 is 0 Å². The van der Waals surface area contributed by atoms with Crippen molar-refractivity contribution in [2.45, 2.75) is 38.6 Å². The molecule has 0 radical (unpaired) electrons. The fourth-order valence-electron chi connectivity index (χ4n) is 1.42. The van der Waals surface area contributed by atoms with Crippen LogP contribution in [0.1, 0.15) is 32.6 Å². The molecule has 3 N–H and O–H groups in total. The Balaban J connectivity index is 2.43. The summed E-state index contributed by atoms with van der Waals surface area (Å²) in [5.74, 6) is 0.0297. The van der Waals surface area contributed by atoms with Crippen molar-refractivity contribution in [3.63, 3.8) is 0 Å². The van der Waals surface area contributed by atoms with Crippen LogP contribution in [0.2, 0.25) is 0 Å². The number of hydrogen-bond donors (Lipinski definition) is 2. The molecular formula is C10H17N3O. The van der Waals surface area contributed by atoms with Crippen molar-refractivity contribution in [2.24, 2.45) is 11.1 Å². The highest BCUT2D eigenvalue weighted by Gasteiger charge is 2.48. The molecule has 0 aromatic carbocycles. The number of amides is 1. The van der Waals surface area contributed by atoms with Crippen molar-refractivity contribution >= 4 is 5.91 Å². The van der Waals surface area contributed by atoms with E-state index in [1.165, 1.54) is 0 Å². The van der Waals surface area contributed by atoms with Crippen molar-refractivity contribution in [2.75, 3.05) is 6.54 Å². The Kier molecular flexibility index (Phi) is 3.48. The molecule has 0 spiro atoms. The van der Waals surface area contributed by atoms with Crippen LogP contribution in [0.5, 0.6) is 0 Å². The average Bonchev–Trinajstić information content (AvgIpc) is 2.97. The Morgan fingerprint density at radius 3 is 2.71 bits per heavy atom. The topological polar surface area (TPSA) is 78.9 Å². The predicted octanol–water partition coefficient (Wildman–Crippen LogP) is 0.534. The van der Waals surface area contributed by atoms with Crippen LogP contribution in [-0.4, -0.2) is 18.5 Å². The van der Waals surface area contributed by atoms with Gasteiger partial charge in [0.25, 0.3) is 0 Å². The lowest BCUT2D eigenvalue weighted by atomic mass is 10.1. The van der Waals surface area contributed by atoms with E-state index in [-0.39, 0.29) is 17.4 Å². The van der Waals surface area contributed by atoms with Gasteiger partial charge in [-0.1, -0.05) is 6.92 Å². The van der Waals surface area contributed by atoms with E-state index in [1.807, 2.05) is 6.92 Å². The molecule has 1 rings (SSSR count). The molecule has 1 unspecified atom stereocenters. The Hall–Kier alpha value is -1.08. The van der Waals surface area contributed by atoms with Crippen LogP contribution in [0, 0.1) is 16.7 Å². The van der Waals surface area contributed by atoms with E-state index in [2.05, 4.69) is 11.4 Å². The summed E-state index contributed by atoms with van der Waals surface area (Å²) in [6.45, 7) is 2.38. The molecule has 0 aromatic rings. The van der Waals surface area contributed by atoms with Crippen molar-refractivity contribution in [1.82, 2.24) is 5.32 Å². The van der Waals surface area contributed by atoms with Crippen LogP contribution in [0.4, 0.5) is 0 Å². The van der Waals surface area contributed by atoms with Gasteiger partial charge < -0.3 is 11.1 Å². The number of carbonyl (C=O) groups excluding carboxylic acids is 1. The second kappa shape index (κ2) is 4.43. The third kappa shape index (κ3) is 2.24. The summed E-state index contributed by atoms with van der Waals surface area (Å²) < 4.78 is 0. The van der Waals surface area contributed by atoms with Gasteiger partial charge in [-0.3, -0.25) is 4.79 Å². The fraction of sp³-hybridized carbons (Fsp3) is 0.800. The smallest absolute Gasteiger partial charge is 0.227 e. The number of carbonyl (C=O) groups is 1. The molecule has 1 fully saturated rings. The van der Waals surface area contributed by atoms with E-state index in [1.54, 1.807) is 0 Å². The normalized spacial score (nSPS) is 19.5. The minimum atomic E-state index is -0.303. The highest BCUT2D eigenvalue weighted by molar-refractivity contribution is 5.85. The van der Waals surface area contributed by atoms with Gasteiger partial charge in [0.2, 0.25) is 5.91 Å². The third-order valence-corrected chi connectivity index (χ3v) is 2.89. The largest absolute Gasteiger partial charge is 0.352 e. The molecule has 1 aliphatic rings. The van der Waals surface area contributed by atoms with Gasteiger partial charge in [0.05, 0.1) is 17.9 Å². The number of rotatable bonds is 5. The molecule has 4 nitrogen and oxygen atoms in total. The monoisotopic (exact) mass is 195 g/mol. The van der Waals surface area contributed by atoms with E-state index >= 15 is 0 Å². The van der Waals surface area contributed by atoms with Crippen LogP contribution >= 0.6 is 0 Å². The summed E-state index contributed by atoms with van der Waals surface area (Å²) in [6.07, 6.45) is 2.94. The minimum Gasteiger partial charge on any atom is -0.352 e. The van der Waals surface area contributed by atoms with Crippen LogP contribution < -0.4 is 11.1 Å². The molecule has 0 aliphatic heterocycles. The number of nitrogens with two attached hydrogens (primary N) is 1. The Bertz CT molecular complexity index is 253. The van der Waals surface area contributed by atoms with Crippen LogP contribution in [0.3, 0.4) is 0 Å². The van der Waals surface area contributed by atoms with Gasteiger partial charge in [-0.2, -0.15) is 5.26 Å². The first kappa shape index (κ1) is 11.0. The van der Waals surface area contributed by atoms with Crippen molar-refractivity contribution < 1.29 is 4.79 Å². The molecule has 14 heavy (non-hydrogen) atoms. The summed E-state index contributed by atoms with van der Waals surface area (Å²) in [5.41, 5.74) is 5.23. The molecule has 1 amide bonds. The SMILES string of the molecule is CCC(CC#N)NC(=O)C1(CN)CC1. The average molecular weight is 195 g/mol. The van der Waals surface area contributed by atoms with E-state index < -0.39 is 0 Å². The lowest BCUT2D eigenvalue weighted by molar-refractivity contribution is -0.126. The Labute approximate surface area is 84.5 Å². The molecular weight excluding hydrogens is 178 g/mol. The standard InChI is InChI=1S/C10H17N3O/c1-2-8(3-6-11)13-9(14)10(7-12)4-5-10/h8H,2-5,7,12H2,1H3,(H,13,14).